The summed E-state index contributed by atoms with van der Waals surface area (Å²) in [6.07, 6.45) is 19.0. The van der Waals surface area contributed by atoms with Gasteiger partial charge >= 0.3 is 0 Å². The summed E-state index contributed by atoms with van der Waals surface area (Å²) in [6, 6.07) is 0. The Morgan fingerprint density at radius 2 is 1.48 bits per heavy atom. The van der Waals surface area contributed by atoms with Crippen molar-refractivity contribution in [3.63, 3.8) is 0 Å². The molecule has 0 aliphatic rings. The maximum absolute atomic E-state index is 11.0. The number of carbonyl (C=O) groups excluding carboxylic acids is 1. The van der Waals surface area contributed by atoms with E-state index in [4.69, 9.17) is 0 Å². The van der Waals surface area contributed by atoms with Crippen LogP contribution in [0.2, 0.25) is 0 Å². The van der Waals surface area contributed by atoms with Crippen molar-refractivity contribution in [2.45, 2.75) is 71.1 Å². The molecular formula is C20H29N2O5. The van der Waals surface area contributed by atoms with Gasteiger partial charge in [0.15, 0.2) is 6.29 Å². The molecule has 0 rings (SSSR count). The lowest BCUT2D eigenvalue weighted by Crippen LogP contribution is -1.97. The molecule has 0 saturated carbocycles. The molecule has 0 amide bonds. The van der Waals surface area contributed by atoms with Crippen molar-refractivity contribution in [2.75, 3.05) is 0 Å². The highest BCUT2D eigenvalue weighted by molar-refractivity contribution is 5.50. The molecule has 0 aromatic heterocycles. The number of rotatable bonds is 16. The topological polar surface area (TPSA) is 103 Å². The molecule has 0 unspecified atom stereocenters. The third-order valence-corrected chi connectivity index (χ3v) is 3.87. The largest absolute Gasteiger partial charge is 0.291 e. The number of hydrogen-bond donors (Lipinski definition) is 0. The van der Waals surface area contributed by atoms with Crippen LogP contribution in [-0.2, 0) is 4.79 Å². The fraction of sp³-hybridized carbons (Fsp3) is 0.550. The van der Waals surface area contributed by atoms with Gasteiger partial charge in [0.1, 0.15) is 0 Å². The standard InChI is InChI=1S/C20H29N2O5/c1-2-19(21(24)25)15-11-7-3-4-8-12-16-20(22(26)27)17-13-9-5-6-10-14-18-23/h3,7-8,12,15,17H,2,4-6,9-11,13-14,16H2,1H3/b7-3+,12-8+,19-15-,20-17-. The van der Waals surface area contributed by atoms with Gasteiger partial charge in [-0.3, -0.25) is 25.0 Å². The van der Waals surface area contributed by atoms with Gasteiger partial charge in [-0.25, -0.2) is 0 Å². The van der Waals surface area contributed by atoms with Crippen molar-refractivity contribution >= 4 is 6.29 Å². The maximum Gasteiger partial charge on any atom is 0.246 e. The molecule has 0 aromatic rings. The third-order valence-electron chi connectivity index (χ3n) is 3.87. The van der Waals surface area contributed by atoms with Crippen LogP contribution in [0.15, 0.2) is 47.9 Å². The monoisotopic (exact) mass is 377 g/mol. The van der Waals surface area contributed by atoms with Crippen molar-refractivity contribution in [2.24, 2.45) is 0 Å². The molecule has 149 valence electrons. The summed E-state index contributed by atoms with van der Waals surface area (Å²) >= 11 is 0. The number of nitrogens with zero attached hydrogens (tertiary/aromatic N) is 2. The Balaban J connectivity index is 4.14. The average Bonchev–Trinajstić information content (AvgIpc) is 2.63. The van der Waals surface area contributed by atoms with Crippen LogP contribution in [0.3, 0.4) is 0 Å². The molecule has 0 aliphatic heterocycles. The van der Waals surface area contributed by atoms with Crippen LogP contribution in [0.25, 0.3) is 0 Å². The summed E-state index contributed by atoms with van der Waals surface area (Å²) < 4.78 is 0. The third kappa shape index (κ3) is 14.3. The quantitative estimate of drug-likeness (QED) is 0.154. The molecule has 0 fully saturated rings. The molecule has 0 N–H and O–H groups in total. The first-order chi connectivity index (χ1) is 13.0. The predicted octanol–water partition coefficient (Wildman–Crippen LogP) is 5.45. The minimum absolute atomic E-state index is 0.193. The van der Waals surface area contributed by atoms with Crippen LogP contribution < -0.4 is 0 Å². The van der Waals surface area contributed by atoms with E-state index in [1.165, 1.54) is 0 Å². The van der Waals surface area contributed by atoms with Gasteiger partial charge in [0, 0.05) is 12.8 Å². The fourth-order valence-electron chi connectivity index (χ4n) is 2.32. The van der Waals surface area contributed by atoms with Gasteiger partial charge in [-0.05, 0) is 44.3 Å². The van der Waals surface area contributed by atoms with Gasteiger partial charge in [-0.1, -0.05) is 44.1 Å². The number of unbranched alkanes of at least 4 members (excludes halogenated alkanes) is 5. The van der Waals surface area contributed by atoms with Crippen molar-refractivity contribution in [1.82, 2.24) is 0 Å². The Morgan fingerprint density at radius 3 is 2.11 bits per heavy atom. The van der Waals surface area contributed by atoms with Crippen molar-refractivity contribution in [3.05, 3.63) is 68.1 Å². The van der Waals surface area contributed by atoms with E-state index in [-0.39, 0.29) is 27.7 Å². The van der Waals surface area contributed by atoms with Crippen LogP contribution in [0, 0.1) is 20.2 Å². The first-order valence-electron chi connectivity index (χ1n) is 9.34. The number of hydrogen-bond acceptors (Lipinski definition) is 5. The number of nitro groups is 2. The van der Waals surface area contributed by atoms with E-state index < -0.39 is 0 Å². The Labute approximate surface area is 160 Å². The molecule has 7 heteroatoms. The first-order valence-corrected chi connectivity index (χ1v) is 9.34. The Hall–Kier alpha value is -2.57. The Kier molecular flexibility index (Phi) is 15.3. The van der Waals surface area contributed by atoms with Gasteiger partial charge in [0.2, 0.25) is 11.4 Å². The van der Waals surface area contributed by atoms with Crippen LogP contribution in [0.4, 0.5) is 0 Å². The zero-order valence-electron chi connectivity index (χ0n) is 16.0. The van der Waals surface area contributed by atoms with Gasteiger partial charge < -0.3 is 0 Å². The molecule has 0 heterocycles. The molecule has 0 atom stereocenters. The van der Waals surface area contributed by atoms with Gasteiger partial charge in [0.05, 0.1) is 16.3 Å². The van der Waals surface area contributed by atoms with Crippen LogP contribution >= 0.6 is 0 Å². The van der Waals surface area contributed by atoms with Gasteiger partial charge in [0.25, 0.3) is 0 Å². The smallest absolute Gasteiger partial charge is 0.246 e. The van der Waals surface area contributed by atoms with Crippen molar-refractivity contribution in [3.8, 4) is 0 Å². The summed E-state index contributed by atoms with van der Waals surface area (Å²) in [4.78, 5) is 31.0. The second-order valence-corrected chi connectivity index (χ2v) is 5.97. The van der Waals surface area contributed by atoms with Crippen molar-refractivity contribution in [1.29, 1.82) is 0 Å². The normalized spacial score (nSPS) is 12.8. The lowest BCUT2D eigenvalue weighted by Gasteiger charge is -1.97. The molecule has 7 nitrogen and oxygen atoms in total. The minimum atomic E-state index is -0.372. The van der Waals surface area contributed by atoms with E-state index in [1.54, 1.807) is 25.2 Å². The zero-order chi connectivity index (χ0) is 20.3. The summed E-state index contributed by atoms with van der Waals surface area (Å²) in [7, 11) is 0. The molecule has 0 aromatic carbocycles. The fourth-order valence-corrected chi connectivity index (χ4v) is 2.32. The molecule has 0 bridgehead atoms. The van der Waals surface area contributed by atoms with E-state index in [2.05, 4.69) is 0 Å². The highest BCUT2D eigenvalue weighted by Crippen LogP contribution is 2.10. The summed E-state index contributed by atoms with van der Waals surface area (Å²) in [5, 5.41) is 21.7. The molecule has 0 aliphatic carbocycles. The average molecular weight is 377 g/mol. The summed E-state index contributed by atoms with van der Waals surface area (Å²) in [5.41, 5.74) is 0.399. The Bertz CT molecular complexity index is 577. The van der Waals surface area contributed by atoms with Crippen molar-refractivity contribution < 1.29 is 14.6 Å². The summed E-state index contributed by atoms with van der Waals surface area (Å²) in [6.45, 7) is 1.74. The first kappa shape index (κ1) is 24.4. The molecule has 1 radical (unpaired) electrons. The second kappa shape index (κ2) is 16.9. The summed E-state index contributed by atoms with van der Waals surface area (Å²) in [5.74, 6) is 0. The van der Waals surface area contributed by atoms with Crippen LogP contribution in [0.5, 0.6) is 0 Å². The molecule has 27 heavy (non-hydrogen) atoms. The van der Waals surface area contributed by atoms with E-state index in [0.29, 0.717) is 32.1 Å². The predicted molar refractivity (Wildman–Crippen MR) is 106 cm³/mol. The highest BCUT2D eigenvalue weighted by Gasteiger charge is 2.07. The van der Waals surface area contributed by atoms with Gasteiger partial charge in [-0.15, -0.1) is 0 Å². The van der Waals surface area contributed by atoms with E-state index in [1.807, 2.05) is 24.5 Å². The van der Waals surface area contributed by atoms with Crippen LogP contribution in [0.1, 0.15) is 71.1 Å². The van der Waals surface area contributed by atoms with Gasteiger partial charge in [-0.2, -0.15) is 0 Å². The maximum atomic E-state index is 11.0. The van der Waals surface area contributed by atoms with E-state index in [0.717, 1.165) is 25.7 Å². The lowest BCUT2D eigenvalue weighted by molar-refractivity contribution is -0.427. The van der Waals surface area contributed by atoms with E-state index in [9.17, 15) is 25.0 Å². The zero-order valence-corrected chi connectivity index (χ0v) is 16.0. The second-order valence-electron chi connectivity index (χ2n) is 5.97. The molecular weight excluding hydrogens is 348 g/mol. The minimum Gasteiger partial charge on any atom is -0.291 e. The van der Waals surface area contributed by atoms with E-state index >= 15 is 0 Å². The lowest BCUT2D eigenvalue weighted by atomic mass is 10.1. The highest BCUT2D eigenvalue weighted by atomic mass is 16.6. The molecule has 0 saturated heterocycles. The SMILES string of the molecule is CC/C(=C/C/C=C/C/C=C/C/C(=C/CCCCCC[C]=O)[N+](=O)[O-])[N+](=O)[O-]. The van der Waals surface area contributed by atoms with Crippen LogP contribution in [-0.4, -0.2) is 16.1 Å². The molecule has 0 spiro atoms. The number of allylic oxidation sites excluding steroid dienone is 7. The Morgan fingerprint density at radius 1 is 0.852 bits per heavy atom.